The first-order valence-corrected chi connectivity index (χ1v) is 6.43. The second-order valence-electron chi connectivity index (χ2n) is 5.83. The highest BCUT2D eigenvalue weighted by molar-refractivity contribution is 5.20. The predicted molar refractivity (Wildman–Crippen MR) is 66.7 cm³/mol. The van der Waals surface area contributed by atoms with Gasteiger partial charge in [0.2, 0.25) is 0 Å². The second-order valence-corrected chi connectivity index (χ2v) is 5.83. The molecule has 0 saturated carbocycles. The van der Waals surface area contributed by atoms with Crippen LogP contribution in [0.5, 0.6) is 0 Å². The van der Waals surface area contributed by atoms with E-state index in [1.165, 1.54) is 19.3 Å². The van der Waals surface area contributed by atoms with Crippen LogP contribution in [0.25, 0.3) is 0 Å². The largest absolute Gasteiger partial charge is 0.0850 e. The van der Waals surface area contributed by atoms with Gasteiger partial charge in [-0.05, 0) is 56.8 Å². The first kappa shape index (κ1) is 11.0. The molecule has 0 amide bonds. The van der Waals surface area contributed by atoms with Gasteiger partial charge >= 0.3 is 0 Å². The van der Waals surface area contributed by atoms with Crippen molar-refractivity contribution in [1.29, 1.82) is 0 Å². The van der Waals surface area contributed by atoms with Crippen molar-refractivity contribution in [3.63, 3.8) is 0 Å². The van der Waals surface area contributed by atoms with Crippen molar-refractivity contribution in [3.05, 3.63) is 23.3 Å². The maximum atomic E-state index is 2.58. The van der Waals surface area contributed by atoms with E-state index in [1.54, 1.807) is 11.1 Å². The lowest BCUT2D eigenvalue weighted by Gasteiger charge is -2.41. The van der Waals surface area contributed by atoms with Crippen LogP contribution >= 0.6 is 0 Å². The predicted octanol–water partition coefficient (Wildman–Crippen LogP) is 4.58. The van der Waals surface area contributed by atoms with E-state index in [1.807, 2.05) is 0 Å². The van der Waals surface area contributed by atoms with Gasteiger partial charge in [0, 0.05) is 0 Å². The van der Waals surface area contributed by atoms with Crippen molar-refractivity contribution < 1.29 is 0 Å². The molecule has 0 unspecified atom stereocenters. The zero-order chi connectivity index (χ0) is 11.0. The minimum atomic E-state index is 0.823. The van der Waals surface area contributed by atoms with Gasteiger partial charge in [-0.25, -0.2) is 0 Å². The van der Waals surface area contributed by atoms with Crippen molar-refractivity contribution in [1.82, 2.24) is 0 Å². The summed E-state index contributed by atoms with van der Waals surface area (Å²) < 4.78 is 0. The highest BCUT2D eigenvalue weighted by Crippen LogP contribution is 2.45. The normalized spacial score (nSPS) is 35.9. The molecule has 0 heterocycles. The van der Waals surface area contributed by atoms with Gasteiger partial charge < -0.3 is 0 Å². The van der Waals surface area contributed by atoms with Gasteiger partial charge in [-0.1, -0.05) is 37.1 Å². The van der Waals surface area contributed by atoms with E-state index >= 15 is 0 Å². The zero-order valence-electron chi connectivity index (χ0n) is 10.6. The van der Waals surface area contributed by atoms with Crippen molar-refractivity contribution >= 4 is 0 Å². The quantitative estimate of drug-likeness (QED) is 0.548. The average Bonchev–Trinajstić information content (AvgIpc) is 2.17. The molecule has 2 rings (SSSR count). The molecule has 0 bridgehead atoms. The Balaban J connectivity index is 2.28. The summed E-state index contributed by atoms with van der Waals surface area (Å²) in [4.78, 5) is 0. The fraction of sp³-hybridized carbons (Fsp3) is 0.733. The highest BCUT2D eigenvalue weighted by Gasteiger charge is 2.34. The van der Waals surface area contributed by atoms with Crippen molar-refractivity contribution in [2.75, 3.05) is 0 Å². The van der Waals surface area contributed by atoms with Crippen LogP contribution in [-0.2, 0) is 0 Å². The SMILES string of the molecule is CC1=C[C@H]2[C@@H](CC1)C(C)=CC[C@H]2C(C)C. The van der Waals surface area contributed by atoms with E-state index in [9.17, 15) is 0 Å². The molecule has 84 valence electrons. The summed E-state index contributed by atoms with van der Waals surface area (Å²) in [6, 6.07) is 0. The minimum Gasteiger partial charge on any atom is -0.0850 e. The Labute approximate surface area is 94.5 Å². The summed E-state index contributed by atoms with van der Waals surface area (Å²) in [5.74, 6) is 3.40. The molecule has 0 N–H and O–H groups in total. The van der Waals surface area contributed by atoms with Gasteiger partial charge in [-0.2, -0.15) is 0 Å². The fourth-order valence-electron chi connectivity index (χ4n) is 3.40. The smallest absolute Gasteiger partial charge is 0.0132 e. The molecular formula is C15H24. The lowest BCUT2D eigenvalue weighted by molar-refractivity contribution is 0.210. The lowest BCUT2D eigenvalue weighted by Crippen LogP contribution is -2.31. The summed E-state index contributed by atoms with van der Waals surface area (Å²) in [6.45, 7) is 9.41. The molecule has 0 radical (unpaired) electrons. The van der Waals surface area contributed by atoms with Crippen LogP contribution in [0, 0.1) is 23.7 Å². The Hall–Kier alpha value is -0.520. The number of allylic oxidation sites excluding steroid dienone is 4. The Kier molecular flexibility index (Phi) is 3.04. The Morgan fingerprint density at radius 1 is 1.27 bits per heavy atom. The average molecular weight is 204 g/mol. The molecule has 0 aliphatic heterocycles. The summed E-state index contributed by atoms with van der Waals surface area (Å²) in [5.41, 5.74) is 3.28. The molecule has 0 spiro atoms. The van der Waals surface area contributed by atoms with Gasteiger partial charge in [0.1, 0.15) is 0 Å². The van der Waals surface area contributed by atoms with E-state index in [-0.39, 0.29) is 0 Å². The Bertz CT molecular complexity index is 293. The summed E-state index contributed by atoms with van der Waals surface area (Å²) in [6.07, 6.45) is 9.08. The molecule has 0 saturated heterocycles. The van der Waals surface area contributed by atoms with Gasteiger partial charge in [0.15, 0.2) is 0 Å². The minimum absolute atomic E-state index is 0.823. The van der Waals surface area contributed by atoms with E-state index in [4.69, 9.17) is 0 Å². The van der Waals surface area contributed by atoms with Crippen LogP contribution in [0.4, 0.5) is 0 Å². The number of hydrogen-bond acceptors (Lipinski definition) is 0. The summed E-state index contributed by atoms with van der Waals surface area (Å²) in [7, 11) is 0. The number of fused-ring (bicyclic) bond motifs is 1. The Morgan fingerprint density at radius 2 is 2.00 bits per heavy atom. The first-order valence-electron chi connectivity index (χ1n) is 6.43. The maximum absolute atomic E-state index is 2.58. The van der Waals surface area contributed by atoms with Gasteiger partial charge in [-0.3, -0.25) is 0 Å². The Morgan fingerprint density at radius 3 is 2.67 bits per heavy atom. The van der Waals surface area contributed by atoms with E-state index < -0.39 is 0 Å². The van der Waals surface area contributed by atoms with Crippen LogP contribution < -0.4 is 0 Å². The third-order valence-electron chi connectivity index (χ3n) is 4.44. The van der Waals surface area contributed by atoms with Crippen molar-refractivity contribution in [3.8, 4) is 0 Å². The van der Waals surface area contributed by atoms with E-state index in [2.05, 4.69) is 39.8 Å². The van der Waals surface area contributed by atoms with Crippen LogP contribution in [0.2, 0.25) is 0 Å². The zero-order valence-corrected chi connectivity index (χ0v) is 10.6. The van der Waals surface area contributed by atoms with Gasteiger partial charge in [0.25, 0.3) is 0 Å². The van der Waals surface area contributed by atoms with Crippen LogP contribution in [0.3, 0.4) is 0 Å². The topological polar surface area (TPSA) is 0 Å². The molecule has 0 aromatic rings. The van der Waals surface area contributed by atoms with Crippen LogP contribution in [0.15, 0.2) is 23.3 Å². The molecule has 0 aromatic heterocycles. The van der Waals surface area contributed by atoms with Crippen molar-refractivity contribution in [2.24, 2.45) is 23.7 Å². The molecule has 0 nitrogen and oxygen atoms in total. The highest BCUT2D eigenvalue weighted by atomic mass is 14.4. The molecule has 2 aliphatic rings. The lowest BCUT2D eigenvalue weighted by atomic mass is 9.64. The molecule has 0 heteroatoms. The third-order valence-corrected chi connectivity index (χ3v) is 4.44. The van der Waals surface area contributed by atoms with Crippen LogP contribution in [0.1, 0.15) is 47.0 Å². The molecule has 0 aromatic carbocycles. The van der Waals surface area contributed by atoms with Gasteiger partial charge in [0.05, 0.1) is 0 Å². The summed E-state index contributed by atoms with van der Waals surface area (Å²) >= 11 is 0. The molecular weight excluding hydrogens is 180 g/mol. The van der Waals surface area contributed by atoms with Crippen LogP contribution in [-0.4, -0.2) is 0 Å². The van der Waals surface area contributed by atoms with Gasteiger partial charge in [-0.15, -0.1) is 0 Å². The monoisotopic (exact) mass is 204 g/mol. The summed E-state index contributed by atoms with van der Waals surface area (Å²) in [5, 5.41) is 0. The second kappa shape index (κ2) is 4.15. The number of rotatable bonds is 1. The molecule has 3 atom stereocenters. The molecule has 2 aliphatic carbocycles. The van der Waals surface area contributed by atoms with E-state index in [0.717, 1.165) is 23.7 Å². The molecule has 0 fully saturated rings. The van der Waals surface area contributed by atoms with Crippen molar-refractivity contribution in [2.45, 2.75) is 47.0 Å². The third kappa shape index (κ3) is 2.04. The standard InChI is InChI=1S/C15H24/c1-10(2)13-8-6-12(4)14-7-5-11(3)9-15(13)14/h6,9-10,13-15H,5,7-8H2,1-4H3/t13-,14-,15+/m0/s1. The maximum Gasteiger partial charge on any atom is -0.0132 e. The number of hydrogen-bond donors (Lipinski definition) is 0. The fourth-order valence-corrected chi connectivity index (χ4v) is 3.40. The first-order chi connectivity index (χ1) is 7.09. The molecule has 15 heavy (non-hydrogen) atoms. The van der Waals surface area contributed by atoms with E-state index in [0.29, 0.717) is 0 Å².